The molecule has 1 atom stereocenters. The second-order valence-electron chi connectivity index (χ2n) is 6.87. The lowest BCUT2D eigenvalue weighted by atomic mass is 10.0. The van der Waals surface area contributed by atoms with Crippen molar-refractivity contribution in [3.05, 3.63) is 29.8 Å². The van der Waals surface area contributed by atoms with Crippen LogP contribution in [0.25, 0.3) is 0 Å². The summed E-state index contributed by atoms with van der Waals surface area (Å²) in [6.45, 7) is 13.8. The second kappa shape index (κ2) is 7.12. The van der Waals surface area contributed by atoms with Gasteiger partial charge in [0.05, 0.1) is 0 Å². The third-order valence-electron chi connectivity index (χ3n) is 4.17. The molecule has 1 heterocycles. The van der Waals surface area contributed by atoms with Crippen LogP contribution in [-0.2, 0) is 0 Å². The van der Waals surface area contributed by atoms with Crippen molar-refractivity contribution in [2.24, 2.45) is 11.8 Å². The average Bonchev–Trinajstić information content (AvgIpc) is 2.87. The van der Waals surface area contributed by atoms with Gasteiger partial charge in [0.1, 0.15) is 0 Å². The van der Waals surface area contributed by atoms with Crippen LogP contribution in [0, 0.1) is 11.8 Å². The molecule has 1 aliphatic heterocycles. The van der Waals surface area contributed by atoms with Gasteiger partial charge in [0.2, 0.25) is 0 Å². The van der Waals surface area contributed by atoms with E-state index in [9.17, 15) is 0 Å². The Bertz CT molecular complexity index is 412. The molecule has 1 aromatic carbocycles. The number of rotatable bonds is 6. The van der Waals surface area contributed by atoms with Crippen LogP contribution in [0.5, 0.6) is 0 Å². The molecule has 1 aliphatic rings. The van der Waals surface area contributed by atoms with Crippen LogP contribution in [0.3, 0.4) is 0 Å². The molecular weight excluding hydrogens is 244 g/mol. The Morgan fingerprint density at radius 3 is 2.65 bits per heavy atom. The Morgan fingerprint density at radius 1 is 1.20 bits per heavy atom. The van der Waals surface area contributed by atoms with E-state index in [4.69, 9.17) is 0 Å². The third kappa shape index (κ3) is 3.99. The van der Waals surface area contributed by atoms with Crippen LogP contribution < -0.4 is 10.2 Å². The van der Waals surface area contributed by atoms with E-state index < -0.39 is 0 Å². The lowest BCUT2D eigenvalue weighted by molar-refractivity contribution is 0.477. The topological polar surface area (TPSA) is 15.3 Å². The molecule has 0 aromatic heterocycles. The first kappa shape index (κ1) is 15.4. The van der Waals surface area contributed by atoms with Gasteiger partial charge in [-0.3, -0.25) is 0 Å². The smallest absolute Gasteiger partial charge is 0.0401 e. The van der Waals surface area contributed by atoms with Crippen molar-refractivity contribution in [1.29, 1.82) is 0 Å². The van der Waals surface area contributed by atoms with E-state index in [1.165, 1.54) is 37.3 Å². The molecule has 1 unspecified atom stereocenters. The number of nitrogens with zero attached hydrogens (tertiary/aromatic N) is 1. The fourth-order valence-corrected chi connectivity index (χ4v) is 3.06. The molecule has 112 valence electrons. The van der Waals surface area contributed by atoms with Crippen molar-refractivity contribution in [3.8, 4) is 0 Å². The molecule has 2 nitrogen and oxygen atoms in total. The molecule has 0 spiro atoms. The van der Waals surface area contributed by atoms with E-state index in [0.717, 1.165) is 18.4 Å². The quantitative estimate of drug-likeness (QED) is 0.847. The van der Waals surface area contributed by atoms with Gasteiger partial charge in [0, 0.05) is 18.8 Å². The average molecular weight is 274 g/mol. The van der Waals surface area contributed by atoms with E-state index in [1.807, 2.05) is 0 Å². The van der Waals surface area contributed by atoms with E-state index in [2.05, 4.69) is 62.2 Å². The molecule has 0 aliphatic carbocycles. The van der Waals surface area contributed by atoms with Gasteiger partial charge >= 0.3 is 0 Å². The molecular formula is C18H30N2. The van der Waals surface area contributed by atoms with Gasteiger partial charge in [-0.25, -0.2) is 0 Å². The number of benzene rings is 1. The highest BCUT2D eigenvalue weighted by Gasteiger charge is 2.24. The molecule has 0 radical (unpaired) electrons. The minimum absolute atomic E-state index is 0.601. The summed E-state index contributed by atoms with van der Waals surface area (Å²) in [4.78, 5) is 2.58. The van der Waals surface area contributed by atoms with Gasteiger partial charge in [-0.05, 0) is 48.9 Å². The summed E-state index contributed by atoms with van der Waals surface area (Å²) in [5.74, 6) is 2.15. The Hall–Kier alpha value is -1.02. The number of anilines is 1. The number of hydrogen-bond donors (Lipinski definition) is 1. The van der Waals surface area contributed by atoms with Gasteiger partial charge in [-0.15, -0.1) is 0 Å². The largest absolute Gasteiger partial charge is 0.371 e. The summed E-state index contributed by atoms with van der Waals surface area (Å²) in [6.07, 6.45) is 1.32. The second-order valence-corrected chi connectivity index (χ2v) is 6.87. The standard InChI is InChI=1S/C18H30N2/c1-14(2)11-19-12-16-9-10-20(13-16)18-8-6-5-7-17(18)15(3)4/h5-8,14-16,19H,9-13H2,1-4H3. The van der Waals surface area contributed by atoms with Gasteiger partial charge in [-0.2, -0.15) is 0 Å². The minimum Gasteiger partial charge on any atom is -0.371 e. The van der Waals surface area contributed by atoms with Crippen LogP contribution in [0.15, 0.2) is 24.3 Å². The maximum absolute atomic E-state index is 3.61. The highest BCUT2D eigenvalue weighted by Crippen LogP contribution is 2.31. The minimum atomic E-state index is 0.601. The molecule has 0 amide bonds. The third-order valence-corrected chi connectivity index (χ3v) is 4.17. The van der Waals surface area contributed by atoms with Crippen molar-refractivity contribution in [2.75, 3.05) is 31.1 Å². The van der Waals surface area contributed by atoms with Crippen LogP contribution in [0.1, 0.15) is 45.6 Å². The molecule has 2 rings (SSSR count). The Kier molecular flexibility index (Phi) is 5.47. The summed E-state index contributed by atoms with van der Waals surface area (Å²) in [5.41, 5.74) is 2.94. The fraction of sp³-hybridized carbons (Fsp3) is 0.667. The maximum atomic E-state index is 3.61. The van der Waals surface area contributed by atoms with E-state index >= 15 is 0 Å². The highest BCUT2D eigenvalue weighted by molar-refractivity contribution is 5.55. The summed E-state index contributed by atoms with van der Waals surface area (Å²) in [7, 11) is 0. The summed E-state index contributed by atoms with van der Waals surface area (Å²) in [5, 5.41) is 3.61. The molecule has 1 aromatic rings. The van der Waals surface area contributed by atoms with E-state index in [1.54, 1.807) is 0 Å². The Labute approximate surface area is 124 Å². The number of hydrogen-bond acceptors (Lipinski definition) is 2. The molecule has 1 fully saturated rings. The van der Waals surface area contributed by atoms with Crippen molar-refractivity contribution in [2.45, 2.75) is 40.0 Å². The first-order valence-corrected chi connectivity index (χ1v) is 8.12. The predicted octanol–water partition coefficient (Wildman–Crippen LogP) is 3.88. The number of para-hydroxylation sites is 1. The maximum Gasteiger partial charge on any atom is 0.0401 e. The lowest BCUT2D eigenvalue weighted by Gasteiger charge is -2.24. The molecule has 1 N–H and O–H groups in total. The van der Waals surface area contributed by atoms with Crippen molar-refractivity contribution in [1.82, 2.24) is 5.32 Å². The highest BCUT2D eigenvalue weighted by atomic mass is 15.2. The van der Waals surface area contributed by atoms with Gasteiger partial charge in [0.25, 0.3) is 0 Å². The van der Waals surface area contributed by atoms with Crippen LogP contribution in [0.2, 0.25) is 0 Å². The molecule has 1 saturated heterocycles. The summed E-state index contributed by atoms with van der Waals surface area (Å²) >= 11 is 0. The Balaban J connectivity index is 1.92. The van der Waals surface area contributed by atoms with Crippen molar-refractivity contribution < 1.29 is 0 Å². The summed E-state index contributed by atoms with van der Waals surface area (Å²) < 4.78 is 0. The van der Waals surface area contributed by atoms with Crippen LogP contribution in [0.4, 0.5) is 5.69 Å². The SMILES string of the molecule is CC(C)CNCC1CCN(c2ccccc2C(C)C)C1. The Morgan fingerprint density at radius 2 is 1.95 bits per heavy atom. The zero-order valence-electron chi connectivity index (χ0n) is 13.5. The molecule has 0 bridgehead atoms. The first-order valence-electron chi connectivity index (χ1n) is 8.12. The van der Waals surface area contributed by atoms with Crippen molar-refractivity contribution >= 4 is 5.69 Å². The van der Waals surface area contributed by atoms with E-state index in [0.29, 0.717) is 5.92 Å². The monoisotopic (exact) mass is 274 g/mol. The number of nitrogens with one attached hydrogen (secondary N) is 1. The zero-order chi connectivity index (χ0) is 14.5. The first-order chi connectivity index (χ1) is 9.58. The van der Waals surface area contributed by atoms with Crippen LogP contribution >= 0.6 is 0 Å². The van der Waals surface area contributed by atoms with Gasteiger partial charge in [0.15, 0.2) is 0 Å². The molecule has 20 heavy (non-hydrogen) atoms. The predicted molar refractivity (Wildman–Crippen MR) is 88.6 cm³/mol. The summed E-state index contributed by atoms with van der Waals surface area (Å²) in [6, 6.07) is 8.91. The normalized spacial score (nSPS) is 19.3. The van der Waals surface area contributed by atoms with Gasteiger partial charge in [-0.1, -0.05) is 45.9 Å². The fourth-order valence-electron chi connectivity index (χ4n) is 3.06. The van der Waals surface area contributed by atoms with Crippen molar-refractivity contribution in [3.63, 3.8) is 0 Å². The van der Waals surface area contributed by atoms with Gasteiger partial charge < -0.3 is 10.2 Å². The van der Waals surface area contributed by atoms with Crippen LogP contribution in [-0.4, -0.2) is 26.2 Å². The molecule has 0 saturated carbocycles. The molecule has 2 heteroatoms. The zero-order valence-corrected chi connectivity index (χ0v) is 13.5. The van der Waals surface area contributed by atoms with E-state index in [-0.39, 0.29) is 0 Å². The lowest BCUT2D eigenvalue weighted by Crippen LogP contribution is -2.29.